The van der Waals surface area contributed by atoms with Crippen LogP contribution in [-0.2, 0) is 0 Å². The Morgan fingerprint density at radius 3 is 2.36 bits per heavy atom. The average Bonchev–Trinajstić information content (AvgIpc) is 2.84. The highest BCUT2D eigenvalue weighted by Crippen LogP contribution is 2.48. The minimum atomic E-state index is -0.354. The van der Waals surface area contributed by atoms with E-state index in [1.807, 2.05) is 18.2 Å². The molecule has 5 rings (SSSR count). The largest absolute Gasteiger partial charge is 0.369 e. The lowest BCUT2D eigenvalue weighted by atomic mass is 10.2. The third kappa shape index (κ3) is 4.81. The van der Waals surface area contributed by atoms with Gasteiger partial charge in [-0.3, -0.25) is 15.0 Å². The monoisotopic (exact) mass is 480 g/mol. The summed E-state index contributed by atoms with van der Waals surface area (Å²) in [4.78, 5) is 20.3. The molecule has 0 aliphatic carbocycles. The van der Waals surface area contributed by atoms with Crippen molar-refractivity contribution in [2.24, 2.45) is 0 Å². The summed E-state index contributed by atoms with van der Waals surface area (Å²) in [6.07, 6.45) is 1.06. The molecule has 2 aliphatic rings. The Kier molecular flexibility index (Phi) is 6.44. The molecule has 0 saturated carbocycles. The van der Waals surface area contributed by atoms with Crippen LogP contribution in [0.1, 0.15) is 6.42 Å². The number of benzene rings is 3. The molecule has 3 aromatic rings. The first-order chi connectivity index (χ1) is 16.1. The van der Waals surface area contributed by atoms with Crippen LogP contribution in [0.5, 0.6) is 0 Å². The minimum absolute atomic E-state index is 0.137. The Bertz CT molecular complexity index is 1150. The zero-order valence-corrected chi connectivity index (χ0v) is 19.8. The van der Waals surface area contributed by atoms with E-state index in [-0.39, 0.29) is 10.6 Å². The Hall–Kier alpha value is -2.74. The standard InChI is InChI=1S/C25H25ClN4O2S/c26-19-6-11-25-23(18-19)29(22-4-1-2-5-24(22)33-25)13-3-12-27-14-16-28(17-15-27)20-7-9-21(10-8-20)30(31)32/h1-2,4-11,18H,3,12-17H2. The van der Waals surface area contributed by atoms with Crippen molar-refractivity contribution in [1.29, 1.82) is 0 Å². The molecule has 33 heavy (non-hydrogen) atoms. The van der Waals surface area contributed by atoms with E-state index in [1.165, 1.54) is 21.2 Å². The van der Waals surface area contributed by atoms with Gasteiger partial charge in [-0.25, -0.2) is 0 Å². The summed E-state index contributed by atoms with van der Waals surface area (Å²) in [5.41, 5.74) is 3.63. The van der Waals surface area contributed by atoms with Crippen LogP contribution in [0.15, 0.2) is 76.5 Å². The molecule has 1 fully saturated rings. The van der Waals surface area contributed by atoms with Crippen LogP contribution in [0.4, 0.5) is 22.7 Å². The highest BCUT2D eigenvalue weighted by Gasteiger charge is 2.24. The van der Waals surface area contributed by atoms with E-state index in [2.05, 4.69) is 51.1 Å². The second kappa shape index (κ2) is 9.63. The van der Waals surface area contributed by atoms with Gasteiger partial charge in [-0.1, -0.05) is 35.5 Å². The molecular weight excluding hydrogens is 456 g/mol. The third-order valence-corrected chi connectivity index (χ3v) is 7.61. The summed E-state index contributed by atoms with van der Waals surface area (Å²) in [5, 5.41) is 11.6. The van der Waals surface area contributed by atoms with Crippen molar-refractivity contribution in [3.63, 3.8) is 0 Å². The van der Waals surface area contributed by atoms with Crippen LogP contribution in [0.2, 0.25) is 5.02 Å². The lowest BCUT2D eigenvalue weighted by Gasteiger charge is -2.37. The summed E-state index contributed by atoms with van der Waals surface area (Å²) in [6.45, 7) is 5.82. The molecule has 1 saturated heterocycles. The summed E-state index contributed by atoms with van der Waals surface area (Å²) in [6, 6.07) is 21.6. The maximum Gasteiger partial charge on any atom is 0.269 e. The van der Waals surface area contributed by atoms with Crippen molar-refractivity contribution < 1.29 is 4.92 Å². The fourth-order valence-corrected chi connectivity index (χ4v) is 5.75. The van der Waals surface area contributed by atoms with Crippen molar-refractivity contribution >= 4 is 46.1 Å². The zero-order valence-electron chi connectivity index (χ0n) is 18.2. The Labute approximate surface area is 202 Å². The number of non-ortho nitro benzene ring substituents is 1. The molecular formula is C25H25ClN4O2S. The molecule has 170 valence electrons. The minimum Gasteiger partial charge on any atom is -0.369 e. The Balaban J connectivity index is 1.18. The van der Waals surface area contributed by atoms with E-state index in [9.17, 15) is 10.1 Å². The highest BCUT2D eigenvalue weighted by atomic mass is 35.5. The molecule has 0 N–H and O–H groups in total. The molecule has 6 nitrogen and oxygen atoms in total. The Morgan fingerprint density at radius 1 is 0.879 bits per heavy atom. The van der Waals surface area contributed by atoms with E-state index in [0.29, 0.717) is 0 Å². The van der Waals surface area contributed by atoms with Crippen LogP contribution < -0.4 is 9.80 Å². The predicted molar refractivity (Wildman–Crippen MR) is 135 cm³/mol. The van der Waals surface area contributed by atoms with Gasteiger partial charge in [-0.15, -0.1) is 0 Å². The van der Waals surface area contributed by atoms with Crippen molar-refractivity contribution in [1.82, 2.24) is 4.90 Å². The number of fused-ring (bicyclic) bond motifs is 2. The van der Waals surface area contributed by atoms with Crippen molar-refractivity contribution in [2.45, 2.75) is 16.2 Å². The molecule has 2 aliphatic heterocycles. The van der Waals surface area contributed by atoms with Crippen molar-refractivity contribution in [3.8, 4) is 0 Å². The summed E-state index contributed by atoms with van der Waals surface area (Å²) in [7, 11) is 0. The van der Waals surface area contributed by atoms with Gasteiger partial charge in [0.15, 0.2) is 0 Å². The summed E-state index contributed by atoms with van der Waals surface area (Å²) >= 11 is 8.13. The summed E-state index contributed by atoms with van der Waals surface area (Å²) in [5.74, 6) is 0. The molecule has 3 aromatic carbocycles. The first-order valence-corrected chi connectivity index (χ1v) is 12.3. The second-order valence-electron chi connectivity index (χ2n) is 8.29. The zero-order chi connectivity index (χ0) is 22.8. The number of nitrogens with zero attached hydrogens (tertiary/aromatic N) is 4. The molecule has 0 unspecified atom stereocenters. The van der Waals surface area contributed by atoms with Gasteiger partial charge in [0.2, 0.25) is 0 Å². The number of nitro groups is 1. The van der Waals surface area contributed by atoms with Gasteiger partial charge >= 0.3 is 0 Å². The first-order valence-electron chi connectivity index (χ1n) is 11.1. The fourth-order valence-electron chi connectivity index (χ4n) is 4.51. The lowest BCUT2D eigenvalue weighted by molar-refractivity contribution is -0.384. The van der Waals surface area contributed by atoms with Crippen molar-refractivity contribution in [2.75, 3.05) is 49.1 Å². The number of piperazine rings is 1. The average molecular weight is 481 g/mol. The third-order valence-electron chi connectivity index (χ3n) is 6.24. The molecule has 0 spiro atoms. The first kappa shape index (κ1) is 22.1. The van der Waals surface area contributed by atoms with Crippen LogP contribution in [0.3, 0.4) is 0 Å². The maximum atomic E-state index is 10.9. The van der Waals surface area contributed by atoms with E-state index < -0.39 is 0 Å². The topological polar surface area (TPSA) is 52.9 Å². The number of para-hydroxylation sites is 1. The number of hydrogen-bond acceptors (Lipinski definition) is 6. The molecule has 8 heteroatoms. The van der Waals surface area contributed by atoms with Crippen LogP contribution in [-0.4, -0.2) is 49.1 Å². The van der Waals surface area contributed by atoms with Gasteiger partial charge in [0.25, 0.3) is 5.69 Å². The van der Waals surface area contributed by atoms with Crippen molar-refractivity contribution in [3.05, 3.63) is 81.9 Å². The van der Waals surface area contributed by atoms with E-state index in [1.54, 1.807) is 23.9 Å². The summed E-state index contributed by atoms with van der Waals surface area (Å²) < 4.78 is 0. The van der Waals surface area contributed by atoms with Gasteiger partial charge in [0.05, 0.1) is 16.3 Å². The predicted octanol–water partition coefficient (Wildman–Crippen LogP) is 6.06. The number of anilines is 3. The van der Waals surface area contributed by atoms with E-state index >= 15 is 0 Å². The smallest absolute Gasteiger partial charge is 0.269 e. The second-order valence-corrected chi connectivity index (χ2v) is 9.81. The van der Waals surface area contributed by atoms with Gasteiger partial charge in [0.1, 0.15) is 0 Å². The van der Waals surface area contributed by atoms with Gasteiger partial charge < -0.3 is 9.80 Å². The van der Waals surface area contributed by atoms with E-state index in [4.69, 9.17) is 11.6 Å². The molecule has 2 heterocycles. The molecule has 0 radical (unpaired) electrons. The van der Waals surface area contributed by atoms with Crippen LogP contribution in [0.25, 0.3) is 0 Å². The number of halogens is 1. The maximum absolute atomic E-state index is 10.9. The number of rotatable bonds is 6. The van der Waals surface area contributed by atoms with Crippen LogP contribution in [0, 0.1) is 10.1 Å². The van der Waals surface area contributed by atoms with E-state index in [0.717, 1.165) is 56.4 Å². The molecule has 0 aromatic heterocycles. The number of hydrogen-bond donors (Lipinski definition) is 0. The fraction of sp³-hybridized carbons (Fsp3) is 0.280. The normalized spacial score (nSPS) is 15.8. The van der Waals surface area contributed by atoms with Crippen LogP contribution >= 0.6 is 23.4 Å². The van der Waals surface area contributed by atoms with Gasteiger partial charge in [-0.2, -0.15) is 0 Å². The Morgan fingerprint density at radius 2 is 1.61 bits per heavy atom. The molecule has 0 amide bonds. The van der Waals surface area contributed by atoms with Gasteiger partial charge in [0, 0.05) is 65.4 Å². The molecule has 0 atom stereocenters. The number of nitro benzene ring substituents is 1. The SMILES string of the molecule is O=[N+]([O-])c1ccc(N2CCN(CCCN3c4ccccc4Sc4ccc(Cl)cc43)CC2)cc1. The quantitative estimate of drug-likeness (QED) is 0.315. The van der Waals surface area contributed by atoms with Gasteiger partial charge in [-0.05, 0) is 55.4 Å². The lowest BCUT2D eigenvalue weighted by Crippen LogP contribution is -2.47. The highest BCUT2D eigenvalue weighted by molar-refractivity contribution is 7.99. The molecule has 0 bridgehead atoms.